The number of nitrogens with one attached hydrogen (secondary N) is 1. The highest BCUT2D eigenvalue weighted by Gasteiger charge is 2.33. The van der Waals surface area contributed by atoms with Gasteiger partial charge < -0.3 is 15.0 Å². The number of hydrogen-bond donors (Lipinski definition) is 1. The Morgan fingerprint density at radius 2 is 2.29 bits per heavy atom. The molecule has 14 heavy (non-hydrogen) atoms. The average Bonchev–Trinajstić information content (AvgIpc) is 2.00. The van der Waals surface area contributed by atoms with Crippen molar-refractivity contribution < 1.29 is 9.53 Å². The van der Waals surface area contributed by atoms with Crippen LogP contribution in [0.5, 0.6) is 0 Å². The molecule has 0 aromatic rings. The Balaban J connectivity index is 2.57. The van der Waals surface area contributed by atoms with Crippen molar-refractivity contribution in [3.05, 3.63) is 0 Å². The topological polar surface area (TPSA) is 41.6 Å². The van der Waals surface area contributed by atoms with Crippen LogP contribution in [0.2, 0.25) is 0 Å². The number of nitrogens with zero attached hydrogens (tertiary/aromatic N) is 1. The van der Waals surface area contributed by atoms with E-state index in [1.807, 2.05) is 32.6 Å². The van der Waals surface area contributed by atoms with Crippen LogP contribution in [-0.2, 0) is 4.74 Å². The lowest BCUT2D eigenvalue weighted by Gasteiger charge is -2.41. The summed E-state index contributed by atoms with van der Waals surface area (Å²) in [7, 11) is 0. The molecule has 1 rings (SSSR count). The van der Waals surface area contributed by atoms with Crippen molar-refractivity contribution in [2.24, 2.45) is 0 Å². The molecule has 1 heterocycles. The van der Waals surface area contributed by atoms with Crippen molar-refractivity contribution in [1.82, 2.24) is 10.2 Å². The molecule has 82 valence electrons. The van der Waals surface area contributed by atoms with Crippen LogP contribution >= 0.6 is 0 Å². The van der Waals surface area contributed by atoms with Gasteiger partial charge in [0.1, 0.15) is 0 Å². The number of hydrogen-bond acceptors (Lipinski definition) is 2. The highest BCUT2D eigenvalue weighted by molar-refractivity contribution is 5.74. The van der Waals surface area contributed by atoms with Gasteiger partial charge in [-0.25, -0.2) is 4.79 Å². The lowest BCUT2D eigenvalue weighted by atomic mass is 10.1. The van der Waals surface area contributed by atoms with Crippen LogP contribution in [0.1, 0.15) is 27.7 Å². The van der Waals surface area contributed by atoms with Gasteiger partial charge in [-0.1, -0.05) is 0 Å². The van der Waals surface area contributed by atoms with Gasteiger partial charge >= 0.3 is 6.03 Å². The van der Waals surface area contributed by atoms with Crippen LogP contribution in [0, 0.1) is 0 Å². The summed E-state index contributed by atoms with van der Waals surface area (Å²) >= 11 is 0. The second-order valence-electron chi connectivity index (χ2n) is 4.40. The summed E-state index contributed by atoms with van der Waals surface area (Å²) in [5.41, 5.74) is -0.233. The molecule has 1 atom stereocenters. The standard InChI is InChI=1S/C10H20N2O2/c1-5-11-9(13)12-6-8(2)14-10(3,4)7-12/h8H,5-7H2,1-4H3,(H,11,13). The zero-order valence-electron chi connectivity index (χ0n) is 9.46. The van der Waals surface area contributed by atoms with E-state index in [9.17, 15) is 4.79 Å². The Morgan fingerprint density at radius 1 is 1.64 bits per heavy atom. The van der Waals surface area contributed by atoms with Gasteiger partial charge in [0.15, 0.2) is 0 Å². The molecule has 0 aliphatic carbocycles. The number of amides is 2. The van der Waals surface area contributed by atoms with E-state index in [0.29, 0.717) is 19.6 Å². The van der Waals surface area contributed by atoms with E-state index in [4.69, 9.17) is 4.74 Å². The first kappa shape index (κ1) is 11.3. The van der Waals surface area contributed by atoms with Crippen molar-refractivity contribution in [2.75, 3.05) is 19.6 Å². The molecule has 0 radical (unpaired) electrons. The lowest BCUT2D eigenvalue weighted by molar-refractivity contribution is -0.117. The minimum Gasteiger partial charge on any atom is -0.369 e. The summed E-state index contributed by atoms with van der Waals surface area (Å²) in [5.74, 6) is 0. The van der Waals surface area contributed by atoms with Gasteiger partial charge in [-0.15, -0.1) is 0 Å². The normalized spacial score (nSPS) is 26.0. The molecule has 0 saturated carbocycles. The van der Waals surface area contributed by atoms with Gasteiger partial charge in [-0.2, -0.15) is 0 Å². The highest BCUT2D eigenvalue weighted by atomic mass is 16.5. The zero-order chi connectivity index (χ0) is 10.8. The second kappa shape index (κ2) is 4.17. The predicted octanol–water partition coefficient (Wildman–Crippen LogP) is 1.22. The quantitative estimate of drug-likeness (QED) is 0.691. The number of morpholine rings is 1. The summed E-state index contributed by atoms with van der Waals surface area (Å²) in [6.45, 7) is 9.94. The second-order valence-corrected chi connectivity index (χ2v) is 4.40. The van der Waals surface area contributed by atoms with Crippen molar-refractivity contribution >= 4 is 6.03 Å². The van der Waals surface area contributed by atoms with Gasteiger partial charge in [-0.3, -0.25) is 0 Å². The SMILES string of the molecule is CCNC(=O)N1CC(C)OC(C)(C)C1. The minimum atomic E-state index is -0.233. The molecule has 1 N–H and O–H groups in total. The van der Waals surface area contributed by atoms with Gasteiger partial charge in [0.05, 0.1) is 18.2 Å². The van der Waals surface area contributed by atoms with Crippen molar-refractivity contribution in [3.8, 4) is 0 Å². The number of rotatable bonds is 1. The first-order valence-corrected chi connectivity index (χ1v) is 5.15. The third kappa shape index (κ3) is 2.87. The largest absolute Gasteiger partial charge is 0.369 e. The summed E-state index contributed by atoms with van der Waals surface area (Å²) in [4.78, 5) is 13.4. The van der Waals surface area contributed by atoms with Crippen LogP contribution in [0.25, 0.3) is 0 Å². The predicted molar refractivity (Wildman–Crippen MR) is 55.3 cm³/mol. The van der Waals surface area contributed by atoms with E-state index >= 15 is 0 Å². The summed E-state index contributed by atoms with van der Waals surface area (Å²) in [6, 6.07) is 0.00993. The summed E-state index contributed by atoms with van der Waals surface area (Å²) < 4.78 is 5.71. The fourth-order valence-electron chi connectivity index (χ4n) is 1.87. The van der Waals surface area contributed by atoms with E-state index in [2.05, 4.69) is 5.32 Å². The van der Waals surface area contributed by atoms with Gasteiger partial charge in [0, 0.05) is 13.1 Å². The lowest BCUT2D eigenvalue weighted by Crippen LogP contribution is -2.56. The van der Waals surface area contributed by atoms with E-state index < -0.39 is 0 Å². The molecule has 1 fully saturated rings. The first-order valence-electron chi connectivity index (χ1n) is 5.15. The molecule has 1 aliphatic rings. The molecular formula is C10H20N2O2. The molecule has 2 amide bonds. The smallest absolute Gasteiger partial charge is 0.317 e. The molecule has 4 nitrogen and oxygen atoms in total. The molecule has 1 unspecified atom stereocenters. The van der Waals surface area contributed by atoms with Crippen LogP contribution in [0.15, 0.2) is 0 Å². The van der Waals surface area contributed by atoms with E-state index in [1.165, 1.54) is 0 Å². The third-order valence-electron chi connectivity index (χ3n) is 2.18. The maximum Gasteiger partial charge on any atom is 0.317 e. The zero-order valence-corrected chi connectivity index (χ0v) is 9.46. The molecule has 0 spiro atoms. The molecular weight excluding hydrogens is 180 g/mol. The van der Waals surface area contributed by atoms with Crippen molar-refractivity contribution in [3.63, 3.8) is 0 Å². The molecule has 0 aromatic heterocycles. The fraction of sp³-hybridized carbons (Fsp3) is 0.900. The number of carbonyl (C=O) groups is 1. The van der Waals surface area contributed by atoms with Crippen LogP contribution < -0.4 is 5.32 Å². The third-order valence-corrected chi connectivity index (χ3v) is 2.18. The molecule has 1 aliphatic heterocycles. The van der Waals surface area contributed by atoms with Gasteiger partial charge in [0.2, 0.25) is 0 Å². The molecule has 1 saturated heterocycles. The first-order chi connectivity index (χ1) is 6.44. The molecule has 0 aromatic carbocycles. The van der Waals surface area contributed by atoms with Crippen molar-refractivity contribution in [1.29, 1.82) is 0 Å². The summed E-state index contributed by atoms with van der Waals surface area (Å²) in [6.07, 6.45) is 0.112. The van der Waals surface area contributed by atoms with Crippen LogP contribution in [0.4, 0.5) is 4.79 Å². The number of urea groups is 1. The van der Waals surface area contributed by atoms with Gasteiger partial charge in [-0.05, 0) is 27.7 Å². The average molecular weight is 200 g/mol. The van der Waals surface area contributed by atoms with E-state index in [-0.39, 0.29) is 17.7 Å². The fourth-order valence-corrected chi connectivity index (χ4v) is 1.87. The Labute approximate surface area is 85.6 Å². The van der Waals surface area contributed by atoms with E-state index in [0.717, 1.165) is 0 Å². The number of carbonyl (C=O) groups excluding carboxylic acids is 1. The van der Waals surface area contributed by atoms with E-state index in [1.54, 1.807) is 0 Å². The highest BCUT2D eigenvalue weighted by Crippen LogP contribution is 2.20. The Bertz CT molecular complexity index is 216. The van der Waals surface area contributed by atoms with Crippen molar-refractivity contribution in [2.45, 2.75) is 39.4 Å². The minimum absolute atomic E-state index is 0.00993. The maximum atomic E-state index is 11.6. The van der Waals surface area contributed by atoms with Crippen LogP contribution in [0.3, 0.4) is 0 Å². The molecule has 4 heteroatoms. The summed E-state index contributed by atoms with van der Waals surface area (Å²) in [5, 5.41) is 2.80. The van der Waals surface area contributed by atoms with Crippen LogP contribution in [-0.4, -0.2) is 42.3 Å². The Kier molecular flexibility index (Phi) is 3.37. The Morgan fingerprint density at radius 3 is 2.79 bits per heavy atom. The molecule has 0 bridgehead atoms. The monoisotopic (exact) mass is 200 g/mol. The Hall–Kier alpha value is -0.770. The maximum absolute atomic E-state index is 11.6. The van der Waals surface area contributed by atoms with Gasteiger partial charge in [0.25, 0.3) is 0 Å². The number of ether oxygens (including phenoxy) is 1.